The first-order valence-corrected chi connectivity index (χ1v) is 9.93. The Morgan fingerprint density at radius 2 is 1.41 bits per heavy atom. The lowest BCUT2D eigenvalue weighted by molar-refractivity contribution is 0.0968. The van der Waals surface area contributed by atoms with Gasteiger partial charge in [-0.05, 0) is 53.8 Å². The van der Waals surface area contributed by atoms with Crippen LogP contribution in [0.25, 0.3) is 11.1 Å². The van der Waals surface area contributed by atoms with Crippen molar-refractivity contribution in [3.8, 4) is 16.9 Å². The molecule has 0 bridgehead atoms. The third-order valence-electron chi connectivity index (χ3n) is 5.12. The molecule has 0 aliphatic carbocycles. The van der Waals surface area contributed by atoms with Crippen molar-refractivity contribution in [2.45, 2.75) is 25.5 Å². The molecule has 0 unspecified atom stereocenters. The summed E-state index contributed by atoms with van der Waals surface area (Å²) in [5.41, 5.74) is 3.77. The molecule has 138 valence electrons. The van der Waals surface area contributed by atoms with Gasteiger partial charge in [-0.3, -0.25) is 4.90 Å². The topological polar surface area (TPSA) is 12.5 Å². The highest BCUT2D eigenvalue weighted by Crippen LogP contribution is 2.25. The van der Waals surface area contributed by atoms with E-state index in [-0.39, 0.29) is 0 Å². The first-order valence-electron chi connectivity index (χ1n) is 9.55. The predicted molar refractivity (Wildman–Crippen MR) is 112 cm³/mol. The molecule has 0 spiro atoms. The Morgan fingerprint density at radius 1 is 0.778 bits per heavy atom. The second kappa shape index (κ2) is 8.60. The van der Waals surface area contributed by atoms with Gasteiger partial charge in [-0.15, -0.1) is 0 Å². The Morgan fingerprint density at radius 3 is 2.07 bits per heavy atom. The Hall–Kier alpha value is -2.29. The molecular weight excluding hydrogens is 354 g/mol. The molecule has 3 heteroatoms. The van der Waals surface area contributed by atoms with Crippen LogP contribution in [0.2, 0.25) is 5.02 Å². The van der Waals surface area contributed by atoms with Crippen LogP contribution in [-0.2, 0) is 6.54 Å². The quantitative estimate of drug-likeness (QED) is 0.536. The highest BCUT2D eigenvalue weighted by atomic mass is 35.5. The van der Waals surface area contributed by atoms with Crippen LogP contribution in [0.3, 0.4) is 0 Å². The van der Waals surface area contributed by atoms with Crippen molar-refractivity contribution < 1.29 is 4.74 Å². The van der Waals surface area contributed by atoms with E-state index in [0.717, 1.165) is 43.2 Å². The van der Waals surface area contributed by atoms with Crippen LogP contribution in [0.1, 0.15) is 18.4 Å². The van der Waals surface area contributed by atoms with Gasteiger partial charge in [-0.25, -0.2) is 0 Å². The molecular formula is C24H24ClNO. The van der Waals surface area contributed by atoms with E-state index in [9.17, 15) is 0 Å². The molecule has 2 nitrogen and oxygen atoms in total. The molecule has 0 atom stereocenters. The number of nitrogens with zero attached hydrogens (tertiary/aromatic N) is 1. The van der Waals surface area contributed by atoms with Gasteiger partial charge >= 0.3 is 0 Å². The maximum Gasteiger partial charge on any atom is 0.119 e. The van der Waals surface area contributed by atoms with Crippen molar-refractivity contribution >= 4 is 11.6 Å². The van der Waals surface area contributed by atoms with E-state index in [1.165, 1.54) is 16.7 Å². The summed E-state index contributed by atoms with van der Waals surface area (Å²) in [4.78, 5) is 2.49. The van der Waals surface area contributed by atoms with Crippen LogP contribution >= 0.6 is 11.6 Å². The van der Waals surface area contributed by atoms with Gasteiger partial charge in [0.05, 0.1) is 0 Å². The third-order valence-corrected chi connectivity index (χ3v) is 5.37. The minimum Gasteiger partial charge on any atom is -0.490 e. The molecule has 1 aliphatic heterocycles. The number of hydrogen-bond donors (Lipinski definition) is 0. The smallest absolute Gasteiger partial charge is 0.119 e. The van der Waals surface area contributed by atoms with Crippen LogP contribution in [0.5, 0.6) is 5.75 Å². The minimum absolute atomic E-state index is 0.300. The van der Waals surface area contributed by atoms with Crippen molar-refractivity contribution in [3.63, 3.8) is 0 Å². The minimum atomic E-state index is 0.300. The Kier molecular flexibility index (Phi) is 5.76. The second-order valence-electron chi connectivity index (χ2n) is 7.11. The predicted octanol–water partition coefficient (Wildman–Crippen LogP) is 6.05. The number of benzene rings is 3. The number of halogens is 1. The molecule has 3 aromatic rings. The molecule has 1 heterocycles. The van der Waals surface area contributed by atoms with Gasteiger partial charge in [0.1, 0.15) is 11.9 Å². The van der Waals surface area contributed by atoms with Crippen molar-refractivity contribution in [3.05, 3.63) is 89.4 Å². The fourth-order valence-electron chi connectivity index (χ4n) is 3.58. The van der Waals surface area contributed by atoms with Crippen molar-refractivity contribution in [1.29, 1.82) is 0 Å². The van der Waals surface area contributed by atoms with Gasteiger partial charge in [0, 0.05) is 24.7 Å². The average Bonchev–Trinajstić information content (AvgIpc) is 2.72. The molecule has 0 N–H and O–H groups in total. The van der Waals surface area contributed by atoms with Crippen molar-refractivity contribution in [2.75, 3.05) is 13.1 Å². The van der Waals surface area contributed by atoms with E-state index >= 15 is 0 Å². The molecule has 0 amide bonds. The molecule has 0 aromatic heterocycles. The molecule has 1 saturated heterocycles. The molecule has 1 aliphatic rings. The summed E-state index contributed by atoms with van der Waals surface area (Å²) in [7, 11) is 0. The zero-order valence-corrected chi connectivity index (χ0v) is 16.1. The molecule has 3 aromatic carbocycles. The second-order valence-corrected chi connectivity index (χ2v) is 7.55. The fourth-order valence-corrected chi connectivity index (χ4v) is 3.71. The zero-order valence-electron chi connectivity index (χ0n) is 15.4. The van der Waals surface area contributed by atoms with Crippen LogP contribution in [0.15, 0.2) is 78.9 Å². The Labute approximate surface area is 166 Å². The summed E-state index contributed by atoms with van der Waals surface area (Å²) < 4.78 is 6.22. The summed E-state index contributed by atoms with van der Waals surface area (Å²) in [6.45, 7) is 3.11. The van der Waals surface area contributed by atoms with Gasteiger partial charge in [-0.2, -0.15) is 0 Å². The zero-order chi connectivity index (χ0) is 18.5. The number of likely N-dealkylation sites (tertiary alicyclic amines) is 1. The highest BCUT2D eigenvalue weighted by molar-refractivity contribution is 6.30. The van der Waals surface area contributed by atoms with E-state index in [1.54, 1.807) is 0 Å². The molecule has 27 heavy (non-hydrogen) atoms. The van der Waals surface area contributed by atoms with Gasteiger partial charge in [0.2, 0.25) is 0 Å². The monoisotopic (exact) mass is 377 g/mol. The highest BCUT2D eigenvalue weighted by Gasteiger charge is 2.20. The molecule has 0 radical (unpaired) electrons. The summed E-state index contributed by atoms with van der Waals surface area (Å²) >= 11 is 5.96. The standard InChI is InChI=1S/C24H24ClNO/c25-22-10-6-19(7-11-22)18-26-16-14-24(15-17-26)27-23-12-8-21(9-13-23)20-4-2-1-3-5-20/h1-13,24H,14-18H2. The van der Waals surface area contributed by atoms with E-state index in [4.69, 9.17) is 16.3 Å². The normalized spacial score (nSPS) is 15.6. The Bertz CT molecular complexity index is 838. The number of piperidine rings is 1. The Balaban J connectivity index is 1.28. The molecule has 1 fully saturated rings. The molecule has 0 saturated carbocycles. The fraction of sp³-hybridized carbons (Fsp3) is 0.250. The maximum absolute atomic E-state index is 6.22. The average molecular weight is 378 g/mol. The van der Waals surface area contributed by atoms with Gasteiger partial charge in [0.15, 0.2) is 0 Å². The summed E-state index contributed by atoms with van der Waals surface area (Å²) in [5, 5.41) is 0.796. The lowest BCUT2D eigenvalue weighted by Crippen LogP contribution is -2.37. The van der Waals surface area contributed by atoms with E-state index in [1.807, 2.05) is 18.2 Å². The number of hydrogen-bond acceptors (Lipinski definition) is 2. The van der Waals surface area contributed by atoms with Crippen LogP contribution in [0, 0.1) is 0 Å². The SMILES string of the molecule is Clc1ccc(CN2CCC(Oc3ccc(-c4ccccc4)cc3)CC2)cc1. The van der Waals surface area contributed by atoms with Gasteiger partial charge in [-0.1, -0.05) is 66.2 Å². The lowest BCUT2D eigenvalue weighted by Gasteiger charge is -2.32. The summed E-state index contributed by atoms with van der Waals surface area (Å²) in [6.07, 6.45) is 2.43. The van der Waals surface area contributed by atoms with Gasteiger partial charge < -0.3 is 4.74 Å². The van der Waals surface area contributed by atoms with E-state index < -0.39 is 0 Å². The van der Waals surface area contributed by atoms with Crippen LogP contribution < -0.4 is 4.74 Å². The van der Waals surface area contributed by atoms with E-state index in [2.05, 4.69) is 65.6 Å². The number of ether oxygens (including phenoxy) is 1. The summed E-state index contributed by atoms with van der Waals surface area (Å²) in [6, 6.07) is 27.0. The lowest BCUT2D eigenvalue weighted by atomic mass is 10.1. The van der Waals surface area contributed by atoms with E-state index in [0.29, 0.717) is 6.10 Å². The first kappa shape index (κ1) is 18.1. The van der Waals surface area contributed by atoms with Crippen LogP contribution in [-0.4, -0.2) is 24.1 Å². The largest absolute Gasteiger partial charge is 0.490 e. The molecule has 4 rings (SSSR count). The number of rotatable bonds is 5. The first-order chi connectivity index (χ1) is 13.3. The maximum atomic E-state index is 6.22. The summed E-state index contributed by atoms with van der Waals surface area (Å²) in [5.74, 6) is 0.964. The van der Waals surface area contributed by atoms with Crippen LogP contribution in [0.4, 0.5) is 0 Å². The van der Waals surface area contributed by atoms with Crippen molar-refractivity contribution in [2.24, 2.45) is 0 Å². The van der Waals surface area contributed by atoms with Crippen molar-refractivity contribution in [1.82, 2.24) is 4.90 Å². The third kappa shape index (κ3) is 4.91. The van der Waals surface area contributed by atoms with Gasteiger partial charge in [0.25, 0.3) is 0 Å².